The lowest BCUT2D eigenvalue weighted by Gasteiger charge is -2.44. The van der Waals surface area contributed by atoms with Crippen molar-refractivity contribution in [1.82, 2.24) is 5.06 Å². The van der Waals surface area contributed by atoms with Crippen molar-refractivity contribution in [2.24, 2.45) is 16.1 Å². The summed E-state index contributed by atoms with van der Waals surface area (Å²) in [7, 11) is 1.79. The SMILES string of the molecule is CN1OC2(N=C1N)c1cc(-c3cccc(C#N)c3)ccc1CC21CCC(O)CC1. The third-order valence-electron chi connectivity index (χ3n) is 6.82. The Balaban J connectivity index is 1.65. The lowest BCUT2D eigenvalue weighted by molar-refractivity contribution is -0.231. The summed E-state index contributed by atoms with van der Waals surface area (Å²) in [6.45, 7) is 0. The van der Waals surface area contributed by atoms with E-state index in [2.05, 4.69) is 24.3 Å². The van der Waals surface area contributed by atoms with Crippen LogP contribution in [0.2, 0.25) is 0 Å². The third kappa shape index (κ3) is 2.58. The zero-order valence-corrected chi connectivity index (χ0v) is 16.4. The van der Waals surface area contributed by atoms with Crippen LogP contribution in [-0.4, -0.2) is 29.3 Å². The Morgan fingerprint density at radius 3 is 2.66 bits per heavy atom. The topological polar surface area (TPSA) is 94.9 Å². The highest BCUT2D eigenvalue weighted by atomic mass is 16.7. The second kappa shape index (κ2) is 6.31. The van der Waals surface area contributed by atoms with Crippen LogP contribution >= 0.6 is 0 Å². The summed E-state index contributed by atoms with van der Waals surface area (Å²) in [5.41, 5.74) is 10.0. The molecule has 3 aliphatic rings. The fourth-order valence-corrected chi connectivity index (χ4v) is 5.26. The van der Waals surface area contributed by atoms with Gasteiger partial charge in [0.25, 0.3) is 0 Å². The quantitative estimate of drug-likeness (QED) is 0.783. The Morgan fingerprint density at radius 1 is 1.21 bits per heavy atom. The first-order valence-corrected chi connectivity index (χ1v) is 10.1. The monoisotopic (exact) mass is 388 g/mol. The molecule has 6 nitrogen and oxygen atoms in total. The van der Waals surface area contributed by atoms with E-state index in [1.807, 2.05) is 18.2 Å². The second-order valence-corrected chi connectivity index (χ2v) is 8.46. The number of aliphatic hydroxyl groups excluding tert-OH is 1. The van der Waals surface area contributed by atoms with E-state index in [0.717, 1.165) is 48.8 Å². The first-order valence-electron chi connectivity index (χ1n) is 10.1. The summed E-state index contributed by atoms with van der Waals surface area (Å²) in [5.74, 6) is 0.375. The minimum absolute atomic E-state index is 0.211. The number of nitrogens with two attached hydrogens (primary N) is 1. The molecule has 1 atom stereocenters. The number of rotatable bonds is 1. The largest absolute Gasteiger partial charge is 0.393 e. The smallest absolute Gasteiger partial charge is 0.220 e. The third-order valence-corrected chi connectivity index (χ3v) is 6.82. The molecule has 0 bridgehead atoms. The number of fused-ring (bicyclic) bond motifs is 3. The van der Waals surface area contributed by atoms with Crippen molar-refractivity contribution < 1.29 is 9.94 Å². The molecular formula is C23H24N4O2. The summed E-state index contributed by atoms with van der Waals surface area (Å²) < 4.78 is 0. The van der Waals surface area contributed by atoms with Crippen LogP contribution in [0.15, 0.2) is 47.5 Å². The van der Waals surface area contributed by atoms with Crippen molar-refractivity contribution in [3.63, 3.8) is 0 Å². The van der Waals surface area contributed by atoms with E-state index in [9.17, 15) is 10.4 Å². The highest BCUT2D eigenvalue weighted by Crippen LogP contribution is 2.62. The summed E-state index contributed by atoms with van der Waals surface area (Å²) in [6.07, 6.45) is 3.77. The minimum atomic E-state index is -0.857. The zero-order valence-electron chi connectivity index (χ0n) is 16.4. The van der Waals surface area contributed by atoms with Crippen LogP contribution < -0.4 is 5.73 Å². The Hall–Kier alpha value is -2.88. The second-order valence-electron chi connectivity index (χ2n) is 8.46. The van der Waals surface area contributed by atoms with Crippen molar-refractivity contribution in [2.45, 2.75) is 43.9 Å². The van der Waals surface area contributed by atoms with Crippen LogP contribution in [0.4, 0.5) is 0 Å². The molecule has 2 aromatic rings. The minimum Gasteiger partial charge on any atom is -0.393 e. The highest BCUT2D eigenvalue weighted by molar-refractivity contribution is 5.79. The van der Waals surface area contributed by atoms with E-state index in [-0.39, 0.29) is 11.5 Å². The van der Waals surface area contributed by atoms with Crippen LogP contribution in [0.1, 0.15) is 42.4 Å². The van der Waals surface area contributed by atoms with Crippen molar-refractivity contribution >= 4 is 5.96 Å². The van der Waals surface area contributed by atoms with Crippen LogP contribution in [0, 0.1) is 16.7 Å². The molecule has 1 heterocycles. The molecule has 0 amide bonds. The number of benzene rings is 2. The van der Waals surface area contributed by atoms with Gasteiger partial charge in [-0.3, -0.25) is 0 Å². The van der Waals surface area contributed by atoms with Gasteiger partial charge < -0.3 is 10.8 Å². The number of nitriles is 1. The van der Waals surface area contributed by atoms with Gasteiger partial charge in [-0.25, -0.2) is 14.9 Å². The highest BCUT2D eigenvalue weighted by Gasteiger charge is 2.63. The van der Waals surface area contributed by atoms with Crippen LogP contribution in [0.5, 0.6) is 0 Å². The van der Waals surface area contributed by atoms with Gasteiger partial charge in [-0.1, -0.05) is 24.3 Å². The summed E-state index contributed by atoms with van der Waals surface area (Å²) in [5, 5.41) is 20.9. The molecule has 1 saturated carbocycles. The number of guanidine groups is 1. The molecule has 2 aliphatic carbocycles. The van der Waals surface area contributed by atoms with Gasteiger partial charge in [0.2, 0.25) is 11.7 Å². The molecule has 1 fully saturated rings. The Bertz CT molecular complexity index is 1050. The average Bonchev–Trinajstić information content (AvgIpc) is 3.18. The lowest BCUT2D eigenvalue weighted by Crippen LogP contribution is -2.46. The van der Waals surface area contributed by atoms with Crippen LogP contribution in [0.25, 0.3) is 11.1 Å². The maximum Gasteiger partial charge on any atom is 0.220 e. The fraction of sp³-hybridized carbons (Fsp3) is 0.391. The number of nitrogens with zero attached hydrogens (tertiary/aromatic N) is 3. The number of aliphatic imine (C=N–C) groups is 1. The van der Waals surface area contributed by atoms with Crippen molar-refractivity contribution in [2.75, 3.05) is 7.05 Å². The Kier molecular flexibility index (Phi) is 3.95. The lowest BCUT2D eigenvalue weighted by atomic mass is 9.67. The van der Waals surface area contributed by atoms with Gasteiger partial charge in [0.15, 0.2) is 0 Å². The predicted molar refractivity (Wildman–Crippen MR) is 109 cm³/mol. The molecule has 5 rings (SSSR count). The van der Waals surface area contributed by atoms with Gasteiger partial charge in [0, 0.05) is 18.0 Å². The van der Waals surface area contributed by atoms with Gasteiger partial charge in [-0.05, 0) is 67.0 Å². The number of hydrogen-bond donors (Lipinski definition) is 2. The fourth-order valence-electron chi connectivity index (χ4n) is 5.26. The normalized spacial score (nSPS) is 30.4. The molecule has 0 radical (unpaired) electrons. The predicted octanol–water partition coefficient (Wildman–Crippen LogP) is 3.05. The molecule has 29 heavy (non-hydrogen) atoms. The van der Waals surface area contributed by atoms with E-state index in [0.29, 0.717) is 11.5 Å². The number of aliphatic hydroxyl groups is 1. The number of hydroxylamine groups is 2. The van der Waals surface area contributed by atoms with Gasteiger partial charge in [-0.2, -0.15) is 5.26 Å². The van der Waals surface area contributed by atoms with Crippen LogP contribution in [-0.2, 0) is 17.0 Å². The first kappa shape index (κ1) is 18.2. The van der Waals surface area contributed by atoms with Gasteiger partial charge in [0.05, 0.1) is 17.7 Å². The van der Waals surface area contributed by atoms with Crippen molar-refractivity contribution in [3.8, 4) is 17.2 Å². The molecular weight excluding hydrogens is 364 g/mol. The molecule has 6 heteroatoms. The molecule has 2 spiro atoms. The number of hydrogen-bond acceptors (Lipinski definition) is 6. The van der Waals surface area contributed by atoms with Crippen molar-refractivity contribution in [3.05, 3.63) is 59.2 Å². The van der Waals surface area contributed by atoms with E-state index in [4.69, 9.17) is 15.6 Å². The molecule has 1 aliphatic heterocycles. The standard InChI is InChI=1S/C23H24N4O2/c1-27-21(25)26-23(29-27)20-12-17(16-4-2-3-15(11-16)14-24)5-6-18(20)13-22(23)9-7-19(28)8-10-22/h2-6,11-12,19,28H,7-10,13H2,1H3,(H2,25,26). The molecule has 1 unspecified atom stereocenters. The van der Waals surface area contributed by atoms with Crippen LogP contribution in [0.3, 0.4) is 0 Å². The summed E-state index contributed by atoms with van der Waals surface area (Å²) >= 11 is 0. The van der Waals surface area contributed by atoms with E-state index >= 15 is 0 Å². The van der Waals surface area contributed by atoms with E-state index < -0.39 is 5.72 Å². The zero-order chi connectivity index (χ0) is 20.2. The molecule has 2 aromatic carbocycles. The van der Waals surface area contributed by atoms with Gasteiger partial charge >= 0.3 is 0 Å². The molecule has 0 saturated heterocycles. The Labute approximate surface area is 170 Å². The Morgan fingerprint density at radius 2 is 1.97 bits per heavy atom. The summed E-state index contributed by atoms with van der Waals surface area (Å²) in [4.78, 5) is 11.3. The summed E-state index contributed by atoms with van der Waals surface area (Å²) in [6, 6.07) is 16.2. The average molecular weight is 388 g/mol. The molecule has 148 valence electrons. The van der Waals surface area contributed by atoms with Crippen molar-refractivity contribution in [1.29, 1.82) is 5.26 Å². The van der Waals surface area contributed by atoms with Gasteiger partial charge in [0.1, 0.15) is 0 Å². The van der Waals surface area contributed by atoms with E-state index in [1.165, 1.54) is 5.56 Å². The first-order chi connectivity index (χ1) is 14.0. The maximum atomic E-state index is 10.1. The van der Waals surface area contributed by atoms with Gasteiger partial charge in [-0.15, -0.1) is 0 Å². The maximum absolute atomic E-state index is 10.1. The molecule has 3 N–H and O–H groups in total. The molecule has 0 aromatic heterocycles. The van der Waals surface area contributed by atoms with E-state index in [1.54, 1.807) is 18.2 Å².